The van der Waals surface area contributed by atoms with Gasteiger partial charge in [-0.15, -0.1) is 0 Å². The molecule has 7 heteroatoms. The zero-order valence-electron chi connectivity index (χ0n) is 12.2. The third-order valence-electron chi connectivity index (χ3n) is 3.68. The molecule has 1 saturated heterocycles. The maximum Gasteiger partial charge on any atom is 0.351 e. The summed E-state index contributed by atoms with van der Waals surface area (Å²) in [5, 5.41) is 0. The fraction of sp³-hybridized carbons (Fsp3) is 0.692. The van der Waals surface area contributed by atoms with Crippen LogP contribution in [0.4, 0.5) is 5.82 Å². The summed E-state index contributed by atoms with van der Waals surface area (Å²) in [4.78, 5) is 15.8. The smallest absolute Gasteiger partial charge is 0.351 e. The molecule has 0 saturated carbocycles. The van der Waals surface area contributed by atoms with Crippen LogP contribution in [0.15, 0.2) is 11.0 Å². The van der Waals surface area contributed by atoms with Crippen LogP contribution in [-0.4, -0.2) is 42.1 Å². The van der Waals surface area contributed by atoms with Crippen molar-refractivity contribution in [3.8, 4) is 0 Å². The Bertz CT molecular complexity index is 531. The maximum absolute atomic E-state index is 12.0. The van der Waals surface area contributed by atoms with Crippen LogP contribution in [0.3, 0.4) is 0 Å². The molecule has 7 nitrogen and oxygen atoms in total. The standard InChI is InChI=1S/C13H21N3O4/c1-5-8-9(18-3)10(19-4)12(20-8)16-6-7(2)11(14)15-13(16)17/h6,8-10,12H,5H2,1-4H3,(H2,14,15,17)/t8-,9+,10?,12+/m1/s1. The minimum atomic E-state index is -0.561. The molecule has 112 valence electrons. The van der Waals surface area contributed by atoms with Gasteiger partial charge in [0.2, 0.25) is 0 Å². The molecule has 2 rings (SSSR count). The van der Waals surface area contributed by atoms with Crippen LogP contribution in [0.1, 0.15) is 25.1 Å². The number of nitrogen functional groups attached to an aromatic ring is 1. The monoisotopic (exact) mass is 283 g/mol. The van der Waals surface area contributed by atoms with Gasteiger partial charge >= 0.3 is 5.69 Å². The Morgan fingerprint density at radius 2 is 2.05 bits per heavy atom. The summed E-state index contributed by atoms with van der Waals surface area (Å²) < 4.78 is 18.3. The highest BCUT2D eigenvalue weighted by atomic mass is 16.6. The van der Waals surface area contributed by atoms with Crippen molar-refractivity contribution in [2.24, 2.45) is 0 Å². The number of aromatic nitrogens is 2. The lowest BCUT2D eigenvalue weighted by atomic mass is 10.1. The van der Waals surface area contributed by atoms with Gasteiger partial charge in [-0.25, -0.2) is 4.79 Å². The van der Waals surface area contributed by atoms with E-state index >= 15 is 0 Å². The molecule has 0 spiro atoms. The van der Waals surface area contributed by atoms with Crippen molar-refractivity contribution in [3.05, 3.63) is 22.2 Å². The first-order valence-electron chi connectivity index (χ1n) is 6.59. The molecule has 1 unspecified atom stereocenters. The molecular weight excluding hydrogens is 262 g/mol. The predicted molar refractivity (Wildman–Crippen MR) is 73.4 cm³/mol. The first-order chi connectivity index (χ1) is 9.53. The maximum atomic E-state index is 12.0. The van der Waals surface area contributed by atoms with E-state index in [-0.39, 0.29) is 24.1 Å². The Morgan fingerprint density at radius 3 is 2.60 bits per heavy atom. The number of ether oxygens (including phenoxy) is 3. The van der Waals surface area contributed by atoms with Gasteiger partial charge in [0.15, 0.2) is 6.23 Å². The summed E-state index contributed by atoms with van der Waals surface area (Å²) in [6.07, 6.45) is 1.14. The van der Waals surface area contributed by atoms with Crippen molar-refractivity contribution < 1.29 is 14.2 Å². The van der Waals surface area contributed by atoms with Gasteiger partial charge < -0.3 is 19.9 Å². The second-order valence-electron chi connectivity index (χ2n) is 4.87. The Hall–Kier alpha value is -1.44. The summed E-state index contributed by atoms with van der Waals surface area (Å²) in [7, 11) is 3.19. The molecule has 0 bridgehead atoms. The lowest BCUT2D eigenvalue weighted by molar-refractivity contribution is -0.0559. The van der Waals surface area contributed by atoms with Gasteiger partial charge in [-0.3, -0.25) is 4.57 Å². The molecular formula is C13H21N3O4. The normalized spacial score (nSPS) is 29.8. The van der Waals surface area contributed by atoms with Gasteiger partial charge in [0, 0.05) is 26.0 Å². The number of rotatable bonds is 4. The highest BCUT2D eigenvalue weighted by Crippen LogP contribution is 2.33. The lowest BCUT2D eigenvalue weighted by Crippen LogP contribution is -2.38. The molecule has 2 N–H and O–H groups in total. The second kappa shape index (κ2) is 5.90. The summed E-state index contributed by atoms with van der Waals surface area (Å²) >= 11 is 0. The second-order valence-corrected chi connectivity index (χ2v) is 4.87. The number of anilines is 1. The van der Waals surface area contributed by atoms with Gasteiger partial charge in [0.25, 0.3) is 0 Å². The first-order valence-corrected chi connectivity index (χ1v) is 6.59. The summed E-state index contributed by atoms with van der Waals surface area (Å²) in [5.74, 6) is 0.230. The summed E-state index contributed by atoms with van der Waals surface area (Å²) in [6, 6.07) is 0. The van der Waals surface area contributed by atoms with E-state index < -0.39 is 11.9 Å². The topological polar surface area (TPSA) is 88.6 Å². The van der Waals surface area contributed by atoms with Gasteiger partial charge in [-0.2, -0.15) is 4.98 Å². The van der Waals surface area contributed by atoms with Crippen LogP contribution in [0.2, 0.25) is 0 Å². The van der Waals surface area contributed by atoms with Crippen molar-refractivity contribution >= 4 is 5.82 Å². The zero-order valence-corrected chi connectivity index (χ0v) is 12.2. The van der Waals surface area contributed by atoms with Gasteiger partial charge in [0.1, 0.15) is 18.0 Å². The molecule has 1 fully saturated rings. The summed E-state index contributed by atoms with van der Waals surface area (Å²) in [6.45, 7) is 3.79. The number of methoxy groups -OCH3 is 2. The van der Waals surface area contributed by atoms with E-state index in [2.05, 4.69) is 4.98 Å². The Morgan fingerprint density at radius 1 is 1.40 bits per heavy atom. The summed E-state index contributed by atoms with van der Waals surface area (Å²) in [5.41, 5.74) is 5.91. The fourth-order valence-corrected chi connectivity index (χ4v) is 2.56. The van der Waals surface area contributed by atoms with Crippen LogP contribution in [-0.2, 0) is 14.2 Å². The third-order valence-corrected chi connectivity index (χ3v) is 3.68. The van der Waals surface area contributed by atoms with Crippen LogP contribution >= 0.6 is 0 Å². The number of hydrogen-bond donors (Lipinski definition) is 1. The molecule has 0 amide bonds. The van der Waals surface area contributed by atoms with E-state index in [1.54, 1.807) is 27.3 Å². The Labute approximate surface area is 117 Å². The number of nitrogens with zero attached hydrogens (tertiary/aromatic N) is 2. The minimum Gasteiger partial charge on any atom is -0.383 e. The van der Waals surface area contributed by atoms with Gasteiger partial charge in [-0.05, 0) is 13.3 Å². The molecule has 0 aliphatic carbocycles. The average Bonchev–Trinajstić information content (AvgIpc) is 2.80. The van der Waals surface area contributed by atoms with Crippen molar-refractivity contribution in [2.45, 2.75) is 44.8 Å². The minimum absolute atomic E-state index is 0.125. The Kier molecular flexibility index (Phi) is 4.42. The highest BCUT2D eigenvalue weighted by molar-refractivity contribution is 5.35. The molecule has 4 atom stereocenters. The van der Waals surface area contributed by atoms with E-state index in [1.165, 1.54) is 4.57 Å². The number of nitrogens with two attached hydrogens (primary N) is 1. The van der Waals surface area contributed by atoms with Gasteiger partial charge in [0.05, 0.1) is 6.10 Å². The van der Waals surface area contributed by atoms with E-state index in [0.29, 0.717) is 0 Å². The van der Waals surface area contributed by atoms with Crippen LogP contribution in [0.25, 0.3) is 0 Å². The molecule has 2 heterocycles. The molecule has 1 aliphatic heterocycles. The van der Waals surface area contributed by atoms with Crippen LogP contribution in [0.5, 0.6) is 0 Å². The van der Waals surface area contributed by atoms with E-state index in [4.69, 9.17) is 19.9 Å². The van der Waals surface area contributed by atoms with E-state index in [9.17, 15) is 4.79 Å². The molecule has 1 aromatic heterocycles. The van der Waals surface area contributed by atoms with E-state index in [0.717, 1.165) is 12.0 Å². The Balaban J connectivity index is 2.41. The van der Waals surface area contributed by atoms with Crippen molar-refractivity contribution in [1.29, 1.82) is 0 Å². The lowest BCUT2D eigenvalue weighted by Gasteiger charge is -2.22. The van der Waals surface area contributed by atoms with Crippen molar-refractivity contribution in [2.75, 3.05) is 20.0 Å². The third kappa shape index (κ3) is 2.44. The molecule has 1 aromatic rings. The van der Waals surface area contributed by atoms with Crippen LogP contribution in [0, 0.1) is 6.92 Å². The predicted octanol–water partition coefficient (Wildman–Crippen LogP) is 0.471. The largest absolute Gasteiger partial charge is 0.383 e. The highest BCUT2D eigenvalue weighted by Gasteiger charge is 2.45. The number of hydrogen-bond acceptors (Lipinski definition) is 6. The quantitative estimate of drug-likeness (QED) is 0.864. The number of aryl methyl sites for hydroxylation is 1. The molecule has 1 aliphatic rings. The van der Waals surface area contributed by atoms with Crippen LogP contribution < -0.4 is 11.4 Å². The SMILES string of the molecule is CC[C@H]1O[C@H](n2cc(C)c(N)nc2=O)C(OC)[C@H]1OC. The first kappa shape index (κ1) is 15.0. The van der Waals surface area contributed by atoms with Gasteiger partial charge in [-0.1, -0.05) is 6.92 Å². The molecule has 20 heavy (non-hydrogen) atoms. The van der Waals surface area contributed by atoms with Crippen molar-refractivity contribution in [1.82, 2.24) is 9.55 Å². The zero-order chi connectivity index (χ0) is 14.9. The molecule has 0 radical (unpaired) electrons. The fourth-order valence-electron chi connectivity index (χ4n) is 2.56. The van der Waals surface area contributed by atoms with E-state index in [1.807, 2.05) is 6.92 Å². The van der Waals surface area contributed by atoms with Crippen molar-refractivity contribution in [3.63, 3.8) is 0 Å². The molecule has 0 aromatic carbocycles. The average molecular weight is 283 g/mol.